The lowest BCUT2D eigenvalue weighted by Gasteiger charge is -2.28. The molecule has 0 amide bonds. The fourth-order valence-electron chi connectivity index (χ4n) is 2.27. The molecule has 144 valence electrons. The second-order valence-electron chi connectivity index (χ2n) is 5.36. The lowest BCUT2D eigenvalue weighted by molar-refractivity contribution is -0.137. The van der Waals surface area contributed by atoms with Crippen molar-refractivity contribution < 1.29 is 28.2 Å². The van der Waals surface area contributed by atoms with Gasteiger partial charge in [-0.05, 0) is 43.3 Å². The number of hydrogen-bond acceptors (Lipinski definition) is 4. The van der Waals surface area contributed by atoms with E-state index in [1.54, 1.807) is 0 Å². The topological polar surface area (TPSA) is 112 Å². The standard InChI is InChI=1S/C16H12Cl3NO6S/c1-8(15(21)22)20(10-3-5-12(18)11(7-10)16(23)24)27(25,26)14-6-9(17)2-4-13(14)19/h2-8H,1H3,(H,21,22)(H,23,24). The van der Waals surface area contributed by atoms with Gasteiger partial charge in [-0.2, -0.15) is 0 Å². The number of aromatic carboxylic acids is 1. The highest BCUT2D eigenvalue weighted by Crippen LogP contribution is 2.33. The Morgan fingerprint density at radius 3 is 2.15 bits per heavy atom. The van der Waals surface area contributed by atoms with Crippen molar-refractivity contribution in [1.29, 1.82) is 0 Å². The highest BCUT2D eigenvalue weighted by atomic mass is 35.5. The Bertz CT molecular complexity index is 1020. The lowest BCUT2D eigenvalue weighted by atomic mass is 10.2. The summed E-state index contributed by atoms with van der Waals surface area (Å²) in [4.78, 5) is 22.4. The van der Waals surface area contributed by atoms with Crippen molar-refractivity contribution >= 4 is 62.5 Å². The maximum absolute atomic E-state index is 13.2. The van der Waals surface area contributed by atoms with Crippen LogP contribution in [0.25, 0.3) is 0 Å². The molecule has 0 bridgehead atoms. The number of aliphatic carboxylic acids is 1. The quantitative estimate of drug-likeness (QED) is 0.685. The van der Waals surface area contributed by atoms with Gasteiger partial charge in [0.05, 0.1) is 21.3 Å². The summed E-state index contributed by atoms with van der Waals surface area (Å²) in [6.45, 7) is 1.13. The van der Waals surface area contributed by atoms with Crippen molar-refractivity contribution in [1.82, 2.24) is 0 Å². The molecule has 7 nitrogen and oxygen atoms in total. The summed E-state index contributed by atoms with van der Waals surface area (Å²) in [6.07, 6.45) is 0. The van der Waals surface area contributed by atoms with Crippen molar-refractivity contribution in [3.63, 3.8) is 0 Å². The van der Waals surface area contributed by atoms with E-state index >= 15 is 0 Å². The number of halogens is 3. The molecule has 2 N–H and O–H groups in total. The summed E-state index contributed by atoms with van der Waals surface area (Å²) in [6, 6.07) is 5.47. The molecule has 2 rings (SSSR count). The maximum atomic E-state index is 13.2. The van der Waals surface area contributed by atoms with Crippen molar-refractivity contribution in [2.24, 2.45) is 0 Å². The molecule has 0 aliphatic rings. The summed E-state index contributed by atoms with van der Waals surface area (Å²) in [5, 5.41) is 18.4. The second kappa shape index (κ2) is 7.93. The van der Waals surface area contributed by atoms with Gasteiger partial charge in [0.1, 0.15) is 10.9 Å². The average molecular weight is 453 g/mol. The van der Waals surface area contributed by atoms with Crippen LogP contribution in [0.15, 0.2) is 41.3 Å². The van der Waals surface area contributed by atoms with Gasteiger partial charge < -0.3 is 10.2 Å². The third kappa shape index (κ3) is 4.30. The van der Waals surface area contributed by atoms with Crippen molar-refractivity contribution in [2.75, 3.05) is 4.31 Å². The predicted molar refractivity (Wildman–Crippen MR) is 102 cm³/mol. The molecule has 11 heteroatoms. The molecule has 0 aliphatic heterocycles. The van der Waals surface area contributed by atoms with Gasteiger partial charge in [-0.25, -0.2) is 18.0 Å². The molecular formula is C16H12Cl3NO6S. The summed E-state index contributed by atoms with van der Waals surface area (Å²) in [5.74, 6) is -2.86. The van der Waals surface area contributed by atoms with E-state index in [1.807, 2.05) is 0 Å². The van der Waals surface area contributed by atoms with E-state index in [2.05, 4.69) is 0 Å². The van der Waals surface area contributed by atoms with Crippen LogP contribution in [0.1, 0.15) is 17.3 Å². The zero-order valence-corrected chi connectivity index (χ0v) is 16.6. The van der Waals surface area contributed by atoms with Crippen molar-refractivity contribution in [2.45, 2.75) is 17.9 Å². The molecule has 2 aromatic rings. The SMILES string of the molecule is CC(C(=O)O)N(c1ccc(Cl)c(C(=O)O)c1)S(=O)(=O)c1cc(Cl)ccc1Cl. The van der Waals surface area contributed by atoms with Gasteiger partial charge >= 0.3 is 11.9 Å². The first kappa shape index (κ1) is 21.3. The molecule has 0 fully saturated rings. The van der Waals surface area contributed by atoms with Crippen LogP contribution in [-0.4, -0.2) is 36.6 Å². The summed E-state index contributed by atoms with van der Waals surface area (Å²) >= 11 is 17.6. The zero-order chi connectivity index (χ0) is 20.5. The third-order valence-electron chi connectivity index (χ3n) is 3.57. The molecule has 0 aromatic heterocycles. The molecule has 27 heavy (non-hydrogen) atoms. The van der Waals surface area contributed by atoms with E-state index in [0.29, 0.717) is 4.31 Å². The van der Waals surface area contributed by atoms with Crippen LogP contribution in [0.5, 0.6) is 0 Å². The molecule has 0 radical (unpaired) electrons. The number of benzene rings is 2. The van der Waals surface area contributed by atoms with Crippen LogP contribution < -0.4 is 4.31 Å². The van der Waals surface area contributed by atoms with Crippen LogP contribution in [0.3, 0.4) is 0 Å². The first-order valence-corrected chi connectivity index (χ1v) is 9.79. The molecular weight excluding hydrogens is 441 g/mol. The lowest BCUT2D eigenvalue weighted by Crippen LogP contribution is -2.43. The van der Waals surface area contributed by atoms with Gasteiger partial charge in [-0.15, -0.1) is 0 Å². The van der Waals surface area contributed by atoms with Crippen LogP contribution in [0, 0.1) is 0 Å². The number of carboxylic acids is 2. The van der Waals surface area contributed by atoms with Gasteiger partial charge in [0, 0.05) is 5.02 Å². The zero-order valence-electron chi connectivity index (χ0n) is 13.6. The van der Waals surface area contributed by atoms with E-state index in [1.165, 1.54) is 18.2 Å². The molecule has 2 aromatic carbocycles. The van der Waals surface area contributed by atoms with E-state index in [0.717, 1.165) is 25.1 Å². The number of nitrogens with zero attached hydrogens (tertiary/aromatic N) is 1. The number of carbonyl (C=O) groups is 2. The molecule has 1 atom stereocenters. The number of sulfonamides is 1. The van der Waals surface area contributed by atoms with Crippen LogP contribution >= 0.6 is 34.8 Å². The molecule has 0 saturated carbocycles. The monoisotopic (exact) mass is 451 g/mol. The Morgan fingerprint density at radius 1 is 1.00 bits per heavy atom. The summed E-state index contributed by atoms with van der Waals surface area (Å²) in [7, 11) is -4.51. The number of rotatable bonds is 6. The van der Waals surface area contributed by atoms with E-state index in [9.17, 15) is 28.2 Å². The predicted octanol–water partition coefficient (Wildman–Crippen LogP) is 4.01. The second-order valence-corrected chi connectivity index (χ2v) is 8.39. The Kier molecular flexibility index (Phi) is 6.26. The Labute approximate surface area is 169 Å². The number of carboxylic acid groups (broad SMARTS) is 2. The molecule has 0 spiro atoms. The Hall–Kier alpha value is -2.00. The van der Waals surface area contributed by atoms with Gasteiger partial charge in [-0.1, -0.05) is 34.8 Å². The average Bonchev–Trinajstić information content (AvgIpc) is 2.57. The van der Waals surface area contributed by atoms with Gasteiger partial charge in [0.15, 0.2) is 0 Å². The van der Waals surface area contributed by atoms with Crippen molar-refractivity contribution in [3.05, 3.63) is 57.0 Å². The summed E-state index contributed by atoms with van der Waals surface area (Å²) < 4.78 is 26.9. The summed E-state index contributed by atoms with van der Waals surface area (Å²) in [5.41, 5.74) is -0.591. The number of hydrogen-bond donors (Lipinski definition) is 2. The van der Waals surface area contributed by atoms with Crippen LogP contribution in [0.2, 0.25) is 15.1 Å². The molecule has 1 unspecified atom stereocenters. The minimum atomic E-state index is -4.51. The molecule has 0 saturated heterocycles. The first-order valence-electron chi connectivity index (χ1n) is 7.22. The van der Waals surface area contributed by atoms with Crippen LogP contribution in [-0.2, 0) is 14.8 Å². The Balaban J connectivity index is 2.76. The van der Waals surface area contributed by atoms with E-state index in [4.69, 9.17) is 34.8 Å². The highest BCUT2D eigenvalue weighted by Gasteiger charge is 2.35. The number of anilines is 1. The molecule has 0 aliphatic carbocycles. The first-order chi connectivity index (χ1) is 12.5. The van der Waals surface area contributed by atoms with Crippen molar-refractivity contribution in [3.8, 4) is 0 Å². The van der Waals surface area contributed by atoms with E-state index in [-0.39, 0.29) is 26.3 Å². The normalized spacial score (nSPS) is 12.4. The largest absolute Gasteiger partial charge is 0.480 e. The fraction of sp³-hybridized carbons (Fsp3) is 0.125. The van der Waals surface area contributed by atoms with E-state index < -0.39 is 32.9 Å². The highest BCUT2D eigenvalue weighted by molar-refractivity contribution is 7.93. The van der Waals surface area contributed by atoms with Gasteiger partial charge in [-0.3, -0.25) is 4.31 Å². The minimum absolute atomic E-state index is 0.0724. The Morgan fingerprint density at radius 2 is 1.59 bits per heavy atom. The smallest absolute Gasteiger partial charge is 0.337 e. The maximum Gasteiger partial charge on any atom is 0.337 e. The third-order valence-corrected chi connectivity index (χ3v) is 6.52. The minimum Gasteiger partial charge on any atom is -0.480 e. The fourth-order valence-corrected chi connectivity index (χ4v) is 4.81. The van der Waals surface area contributed by atoms with Gasteiger partial charge in [0.2, 0.25) is 0 Å². The van der Waals surface area contributed by atoms with Crippen LogP contribution in [0.4, 0.5) is 5.69 Å². The van der Waals surface area contributed by atoms with Gasteiger partial charge in [0.25, 0.3) is 10.0 Å². The molecule has 0 heterocycles.